The van der Waals surface area contributed by atoms with E-state index in [4.69, 9.17) is 17.3 Å². The molecule has 0 saturated heterocycles. The number of hydrogen-bond acceptors (Lipinski definition) is 4. The molecule has 0 unspecified atom stereocenters. The van der Waals surface area contributed by atoms with Crippen molar-refractivity contribution in [2.45, 2.75) is 37.2 Å². The Labute approximate surface area is 118 Å². The standard InChI is InChI=1S/C12H19ClN2O3S/c1-3-12(16,4-2)8-15-19(17,18)11-6-5-9(14)7-10(11)13/h5-7,15-16H,3-4,8,14H2,1-2H3. The molecule has 0 aliphatic heterocycles. The Balaban J connectivity index is 2.93. The minimum Gasteiger partial charge on any atom is -0.399 e. The van der Waals surface area contributed by atoms with Gasteiger partial charge < -0.3 is 10.8 Å². The van der Waals surface area contributed by atoms with Crippen molar-refractivity contribution in [3.05, 3.63) is 23.2 Å². The molecule has 1 rings (SSSR count). The van der Waals surface area contributed by atoms with Crippen LogP contribution >= 0.6 is 11.6 Å². The van der Waals surface area contributed by atoms with E-state index in [-0.39, 0.29) is 16.5 Å². The third kappa shape index (κ3) is 4.07. The van der Waals surface area contributed by atoms with E-state index in [1.54, 1.807) is 13.8 Å². The zero-order valence-electron chi connectivity index (χ0n) is 11.0. The van der Waals surface area contributed by atoms with Gasteiger partial charge >= 0.3 is 0 Å². The summed E-state index contributed by atoms with van der Waals surface area (Å²) in [5.74, 6) is 0. The first kappa shape index (κ1) is 16.2. The SMILES string of the molecule is CCC(O)(CC)CNS(=O)(=O)c1ccc(N)cc1Cl. The van der Waals surface area contributed by atoms with Crippen molar-refractivity contribution in [1.82, 2.24) is 4.72 Å². The topological polar surface area (TPSA) is 92.4 Å². The Morgan fingerprint density at radius 1 is 1.37 bits per heavy atom. The summed E-state index contributed by atoms with van der Waals surface area (Å²) in [6.45, 7) is 3.55. The average Bonchev–Trinajstić information content (AvgIpc) is 2.35. The number of anilines is 1. The Morgan fingerprint density at radius 2 is 1.95 bits per heavy atom. The molecular weight excluding hydrogens is 288 g/mol. The number of nitrogens with two attached hydrogens (primary N) is 1. The molecule has 5 nitrogen and oxygen atoms in total. The first-order valence-electron chi connectivity index (χ1n) is 6.01. The van der Waals surface area contributed by atoms with Gasteiger partial charge in [-0.05, 0) is 31.0 Å². The van der Waals surface area contributed by atoms with Crippen LogP contribution in [-0.2, 0) is 10.0 Å². The van der Waals surface area contributed by atoms with Gasteiger partial charge in [-0.15, -0.1) is 0 Å². The monoisotopic (exact) mass is 306 g/mol. The van der Waals surface area contributed by atoms with Gasteiger partial charge in [0.2, 0.25) is 10.0 Å². The van der Waals surface area contributed by atoms with Crippen LogP contribution in [0, 0.1) is 0 Å². The summed E-state index contributed by atoms with van der Waals surface area (Å²) in [6, 6.07) is 4.19. The quantitative estimate of drug-likeness (QED) is 0.698. The number of rotatable bonds is 6. The van der Waals surface area contributed by atoms with Crippen LogP contribution in [-0.4, -0.2) is 25.7 Å². The van der Waals surface area contributed by atoms with Crippen molar-refractivity contribution >= 4 is 27.3 Å². The highest BCUT2D eigenvalue weighted by atomic mass is 35.5. The lowest BCUT2D eigenvalue weighted by molar-refractivity contribution is 0.0377. The van der Waals surface area contributed by atoms with Crippen molar-refractivity contribution in [3.8, 4) is 0 Å². The lowest BCUT2D eigenvalue weighted by Crippen LogP contribution is -2.42. The fraction of sp³-hybridized carbons (Fsp3) is 0.500. The zero-order valence-corrected chi connectivity index (χ0v) is 12.6. The Kier molecular flexibility index (Phi) is 5.20. The summed E-state index contributed by atoms with van der Waals surface area (Å²) in [4.78, 5) is -0.0436. The van der Waals surface area contributed by atoms with E-state index in [2.05, 4.69) is 4.72 Å². The first-order chi connectivity index (χ1) is 8.74. The number of benzene rings is 1. The van der Waals surface area contributed by atoms with E-state index in [0.717, 1.165) is 0 Å². The normalized spacial score (nSPS) is 12.6. The maximum absolute atomic E-state index is 12.1. The van der Waals surface area contributed by atoms with Crippen LogP contribution in [0.25, 0.3) is 0 Å². The van der Waals surface area contributed by atoms with Crippen LogP contribution in [0.15, 0.2) is 23.1 Å². The van der Waals surface area contributed by atoms with Crippen molar-refractivity contribution in [2.24, 2.45) is 0 Å². The predicted molar refractivity (Wildman–Crippen MR) is 76.6 cm³/mol. The zero-order chi connectivity index (χ0) is 14.7. The smallest absolute Gasteiger partial charge is 0.242 e. The minimum atomic E-state index is -3.76. The van der Waals surface area contributed by atoms with Gasteiger partial charge in [0, 0.05) is 12.2 Å². The van der Waals surface area contributed by atoms with Crippen LogP contribution in [0.3, 0.4) is 0 Å². The summed E-state index contributed by atoms with van der Waals surface area (Å²) in [5.41, 5.74) is 4.86. The Bertz CT molecular complexity index is 542. The second-order valence-electron chi connectivity index (χ2n) is 4.45. The van der Waals surface area contributed by atoms with E-state index in [9.17, 15) is 13.5 Å². The predicted octanol–water partition coefficient (Wildman–Crippen LogP) is 1.75. The van der Waals surface area contributed by atoms with E-state index >= 15 is 0 Å². The molecule has 1 aromatic rings. The lowest BCUT2D eigenvalue weighted by atomic mass is 9.98. The van der Waals surface area contributed by atoms with E-state index in [0.29, 0.717) is 18.5 Å². The highest BCUT2D eigenvalue weighted by Crippen LogP contribution is 2.24. The van der Waals surface area contributed by atoms with Gasteiger partial charge in [0.25, 0.3) is 0 Å². The molecule has 0 bridgehead atoms. The minimum absolute atomic E-state index is 0.0436. The molecule has 7 heteroatoms. The third-order valence-electron chi connectivity index (χ3n) is 3.15. The van der Waals surface area contributed by atoms with Crippen LogP contribution in [0.4, 0.5) is 5.69 Å². The van der Waals surface area contributed by atoms with Gasteiger partial charge in [0.15, 0.2) is 0 Å². The molecule has 1 aromatic carbocycles. The summed E-state index contributed by atoms with van der Waals surface area (Å²) in [5, 5.41) is 10.1. The van der Waals surface area contributed by atoms with E-state index in [1.807, 2.05) is 0 Å². The van der Waals surface area contributed by atoms with Gasteiger partial charge in [0.1, 0.15) is 4.90 Å². The number of sulfonamides is 1. The molecule has 0 fully saturated rings. The molecule has 0 aliphatic rings. The molecule has 0 atom stereocenters. The molecule has 0 amide bonds. The second-order valence-corrected chi connectivity index (χ2v) is 6.59. The maximum Gasteiger partial charge on any atom is 0.242 e. The van der Waals surface area contributed by atoms with Gasteiger partial charge in [0.05, 0.1) is 10.6 Å². The fourth-order valence-electron chi connectivity index (χ4n) is 1.54. The molecule has 0 radical (unpaired) electrons. The van der Waals surface area contributed by atoms with Crippen molar-refractivity contribution < 1.29 is 13.5 Å². The molecule has 0 spiro atoms. The summed E-state index contributed by atoms with van der Waals surface area (Å²) in [6.07, 6.45) is 0.920. The van der Waals surface area contributed by atoms with Crippen LogP contribution in [0.5, 0.6) is 0 Å². The van der Waals surface area contributed by atoms with Gasteiger partial charge in [-0.1, -0.05) is 25.4 Å². The van der Waals surface area contributed by atoms with Gasteiger partial charge in [-0.2, -0.15) is 0 Å². The summed E-state index contributed by atoms with van der Waals surface area (Å²) >= 11 is 5.87. The van der Waals surface area contributed by atoms with Crippen molar-refractivity contribution in [3.63, 3.8) is 0 Å². The molecule has 0 aromatic heterocycles. The number of halogens is 1. The fourth-order valence-corrected chi connectivity index (χ4v) is 3.21. The van der Waals surface area contributed by atoms with Crippen LogP contribution in [0.1, 0.15) is 26.7 Å². The number of aliphatic hydroxyl groups is 1. The molecule has 4 N–H and O–H groups in total. The number of nitrogens with one attached hydrogen (secondary N) is 1. The third-order valence-corrected chi connectivity index (χ3v) is 5.04. The van der Waals surface area contributed by atoms with Crippen LogP contribution in [0.2, 0.25) is 5.02 Å². The molecular formula is C12H19ClN2O3S. The molecule has 19 heavy (non-hydrogen) atoms. The van der Waals surface area contributed by atoms with E-state index < -0.39 is 15.6 Å². The Hall–Kier alpha value is -0.820. The summed E-state index contributed by atoms with van der Waals surface area (Å²) < 4.78 is 26.6. The highest BCUT2D eigenvalue weighted by molar-refractivity contribution is 7.89. The van der Waals surface area contributed by atoms with Crippen molar-refractivity contribution in [1.29, 1.82) is 0 Å². The number of hydrogen-bond donors (Lipinski definition) is 3. The molecule has 0 saturated carbocycles. The molecule has 0 heterocycles. The van der Waals surface area contributed by atoms with Gasteiger partial charge in [-0.3, -0.25) is 0 Å². The second kappa shape index (κ2) is 6.09. The molecule has 0 aliphatic carbocycles. The first-order valence-corrected chi connectivity index (χ1v) is 7.87. The number of nitrogen functional groups attached to an aromatic ring is 1. The average molecular weight is 307 g/mol. The van der Waals surface area contributed by atoms with E-state index in [1.165, 1.54) is 18.2 Å². The van der Waals surface area contributed by atoms with Crippen molar-refractivity contribution in [2.75, 3.05) is 12.3 Å². The lowest BCUT2D eigenvalue weighted by Gasteiger charge is -2.25. The van der Waals surface area contributed by atoms with Crippen LogP contribution < -0.4 is 10.5 Å². The summed E-state index contributed by atoms with van der Waals surface area (Å²) in [7, 11) is -3.76. The maximum atomic E-state index is 12.1. The van der Waals surface area contributed by atoms with Gasteiger partial charge in [-0.25, -0.2) is 13.1 Å². The largest absolute Gasteiger partial charge is 0.399 e. The highest BCUT2D eigenvalue weighted by Gasteiger charge is 2.26. The Morgan fingerprint density at radius 3 is 2.42 bits per heavy atom. The molecule has 108 valence electrons.